The summed E-state index contributed by atoms with van der Waals surface area (Å²) in [6, 6.07) is 0. The molecule has 2 nitrogen and oxygen atoms in total. The molecule has 0 aromatic carbocycles. The highest BCUT2D eigenvalue weighted by Crippen LogP contribution is 2.66. The molecule has 4 aliphatic carbocycles. The van der Waals surface area contributed by atoms with Gasteiger partial charge in [-0.25, -0.2) is 0 Å². The molecule has 7 atom stereocenters. The molecule has 0 amide bonds. The number of hydrogen-bond acceptors (Lipinski definition) is 2. The van der Waals surface area contributed by atoms with Crippen LogP contribution in [-0.4, -0.2) is 18.9 Å². The van der Waals surface area contributed by atoms with Gasteiger partial charge in [0.05, 0.1) is 0 Å². The maximum Gasteiger partial charge on any atom is 0.139 e. The van der Waals surface area contributed by atoms with Gasteiger partial charge in [-0.3, -0.25) is 4.79 Å². The van der Waals surface area contributed by atoms with Crippen LogP contribution in [0.4, 0.5) is 0 Å². The molecule has 1 unspecified atom stereocenters. The van der Waals surface area contributed by atoms with E-state index in [1.807, 2.05) is 0 Å². The third kappa shape index (κ3) is 2.65. The van der Waals surface area contributed by atoms with Gasteiger partial charge < -0.3 is 5.32 Å². The standard InChI is InChI=1S/C25H37NO/c1-16-12-19-13-17(4-5-18-14-26-15-18)8-10-24(19,2)21-9-11-25(3)20(23(16)21)6-7-22(25)27/h4-5,17-21,23,26H,1,6-15H2,2-3H3/b5-4-/t17-,19?,20+,21+,23+,24+,25+/m1/s1. The molecule has 1 heterocycles. The average molecular weight is 368 g/mol. The zero-order valence-electron chi connectivity index (χ0n) is 17.3. The Kier molecular flexibility index (Phi) is 4.24. The molecule has 1 N–H and O–H groups in total. The lowest BCUT2D eigenvalue weighted by atomic mass is 9.44. The molecule has 0 aromatic rings. The smallest absolute Gasteiger partial charge is 0.139 e. The third-order valence-corrected chi connectivity index (χ3v) is 9.85. The van der Waals surface area contributed by atoms with Crippen molar-refractivity contribution in [2.75, 3.05) is 13.1 Å². The van der Waals surface area contributed by atoms with E-state index in [-0.39, 0.29) is 5.41 Å². The van der Waals surface area contributed by atoms with Gasteiger partial charge in [0.15, 0.2) is 0 Å². The Labute approximate surface area is 165 Å². The third-order valence-electron chi connectivity index (χ3n) is 9.85. The molecule has 5 fully saturated rings. The van der Waals surface area contributed by atoms with Crippen LogP contribution in [0.3, 0.4) is 0 Å². The number of Topliss-reactive ketones (excluding diaryl/α,β-unsaturated/α-hetero) is 1. The lowest BCUT2D eigenvalue weighted by molar-refractivity contribution is -0.134. The number of fused-ring (bicyclic) bond motifs is 5. The predicted molar refractivity (Wildman–Crippen MR) is 110 cm³/mol. The van der Waals surface area contributed by atoms with Gasteiger partial charge in [-0.15, -0.1) is 0 Å². The van der Waals surface area contributed by atoms with Gasteiger partial charge in [-0.1, -0.05) is 38.2 Å². The van der Waals surface area contributed by atoms with Crippen LogP contribution in [0, 0.1) is 46.3 Å². The molecule has 0 radical (unpaired) electrons. The topological polar surface area (TPSA) is 29.1 Å². The second kappa shape index (κ2) is 6.31. The summed E-state index contributed by atoms with van der Waals surface area (Å²) in [7, 11) is 0. The number of nitrogens with one attached hydrogen (secondary N) is 1. The van der Waals surface area contributed by atoms with E-state index >= 15 is 0 Å². The number of hydrogen-bond donors (Lipinski definition) is 1. The van der Waals surface area contributed by atoms with Crippen molar-refractivity contribution < 1.29 is 4.79 Å². The minimum Gasteiger partial charge on any atom is -0.315 e. The Balaban J connectivity index is 1.36. The molecule has 1 saturated heterocycles. The minimum atomic E-state index is -0.0376. The number of ketones is 1. The molecule has 5 aliphatic rings. The lowest BCUT2D eigenvalue weighted by Crippen LogP contribution is -2.54. The van der Waals surface area contributed by atoms with E-state index in [0.29, 0.717) is 23.0 Å². The summed E-state index contributed by atoms with van der Waals surface area (Å²) in [6.45, 7) is 11.8. The highest BCUT2D eigenvalue weighted by atomic mass is 16.1. The summed E-state index contributed by atoms with van der Waals surface area (Å²) in [4.78, 5) is 12.6. The summed E-state index contributed by atoms with van der Waals surface area (Å²) < 4.78 is 0. The van der Waals surface area contributed by atoms with Crippen LogP contribution in [-0.2, 0) is 4.79 Å². The first-order valence-corrected chi connectivity index (χ1v) is 11.5. The Morgan fingerprint density at radius 3 is 2.56 bits per heavy atom. The van der Waals surface area contributed by atoms with Crippen molar-refractivity contribution in [1.29, 1.82) is 0 Å². The van der Waals surface area contributed by atoms with Crippen LogP contribution in [0.15, 0.2) is 24.3 Å². The molecular formula is C25H37NO. The molecule has 0 aromatic heterocycles. The fraction of sp³-hybridized carbons (Fsp3) is 0.800. The van der Waals surface area contributed by atoms with E-state index in [1.165, 1.54) is 50.8 Å². The second-order valence-corrected chi connectivity index (χ2v) is 11.1. The van der Waals surface area contributed by atoms with Gasteiger partial charge in [0.1, 0.15) is 5.78 Å². The number of allylic oxidation sites excluding steroid dienone is 2. The highest BCUT2D eigenvalue weighted by molar-refractivity contribution is 5.87. The van der Waals surface area contributed by atoms with Gasteiger partial charge in [0, 0.05) is 30.8 Å². The van der Waals surface area contributed by atoms with Crippen molar-refractivity contribution >= 4 is 5.78 Å². The van der Waals surface area contributed by atoms with Crippen LogP contribution in [0.5, 0.6) is 0 Å². The molecule has 27 heavy (non-hydrogen) atoms. The highest BCUT2D eigenvalue weighted by Gasteiger charge is 2.61. The summed E-state index contributed by atoms with van der Waals surface area (Å²) in [6.07, 6.45) is 14.7. The average Bonchev–Trinajstić information content (AvgIpc) is 2.90. The Bertz CT molecular complexity index is 676. The normalized spacial score (nSPS) is 50.2. The molecule has 0 spiro atoms. The SMILES string of the molecule is C=C1CC2C[C@H](/C=C\C3CNC3)CC[C@]2(C)[C@H]2CC[C@]3(C)C(=O)CC[C@H]3[C@H]12. The van der Waals surface area contributed by atoms with E-state index in [0.717, 1.165) is 42.9 Å². The summed E-state index contributed by atoms with van der Waals surface area (Å²) >= 11 is 0. The molecular weight excluding hydrogens is 330 g/mol. The van der Waals surface area contributed by atoms with Gasteiger partial charge in [0.2, 0.25) is 0 Å². The molecule has 0 bridgehead atoms. The molecule has 5 rings (SSSR count). The summed E-state index contributed by atoms with van der Waals surface area (Å²) in [5, 5.41) is 3.37. The molecule has 4 saturated carbocycles. The molecule has 148 valence electrons. The number of carbonyl (C=O) groups is 1. The largest absolute Gasteiger partial charge is 0.315 e. The Morgan fingerprint density at radius 1 is 1.04 bits per heavy atom. The number of rotatable bonds is 2. The van der Waals surface area contributed by atoms with Crippen molar-refractivity contribution in [1.82, 2.24) is 5.32 Å². The van der Waals surface area contributed by atoms with Crippen molar-refractivity contribution in [2.24, 2.45) is 46.3 Å². The summed E-state index contributed by atoms with van der Waals surface area (Å²) in [5.41, 5.74) is 1.94. The van der Waals surface area contributed by atoms with Gasteiger partial charge in [-0.2, -0.15) is 0 Å². The Hall–Kier alpha value is -0.890. The molecule has 2 heteroatoms. The van der Waals surface area contributed by atoms with Crippen molar-refractivity contribution in [3.05, 3.63) is 24.3 Å². The van der Waals surface area contributed by atoms with Crippen LogP contribution in [0.2, 0.25) is 0 Å². The van der Waals surface area contributed by atoms with E-state index < -0.39 is 0 Å². The van der Waals surface area contributed by atoms with Crippen LogP contribution < -0.4 is 5.32 Å². The predicted octanol–water partition coefficient (Wildman–Crippen LogP) is 5.16. The van der Waals surface area contributed by atoms with Gasteiger partial charge in [0.25, 0.3) is 0 Å². The fourth-order valence-electron chi connectivity index (χ4n) is 7.87. The first kappa shape index (κ1) is 18.2. The summed E-state index contributed by atoms with van der Waals surface area (Å²) in [5.74, 6) is 4.87. The zero-order valence-corrected chi connectivity index (χ0v) is 17.3. The van der Waals surface area contributed by atoms with Gasteiger partial charge >= 0.3 is 0 Å². The van der Waals surface area contributed by atoms with Crippen LogP contribution in [0.25, 0.3) is 0 Å². The van der Waals surface area contributed by atoms with Gasteiger partial charge in [-0.05, 0) is 80.0 Å². The van der Waals surface area contributed by atoms with E-state index in [1.54, 1.807) is 0 Å². The number of carbonyl (C=O) groups excluding carboxylic acids is 1. The van der Waals surface area contributed by atoms with E-state index in [4.69, 9.17) is 0 Å². The van der Waals surface area contributed by atoms with Crippen molar-refractivity contribution in [3.63, 3.8) is 0 Å². The van der Waals surface area contributed by atoms with E-state index in [9.17, 15) is 4.79 Å². The molecule has 1 aliphatic heterocycles. The second-order valence-electron chi connectivity index (χ2n) is 11.1. The maximum absolute atomic E-state index is 12.6. The minimum absolute atomic E-state index is 0.0376. The zero-order chi connectivity index (χ0) is 18.8. The van der Waals surface area contributed by atoms with Crippen molar-refractivity contribution in [3.8, 4) is 0 Å². The fourth-order valence-corrected chi connectivity index (χ4v) is 7.87. The lowest BCUT2D eigenvalue weighted by Gasteiger charge is -2.61. The van der Waals surface area contributed by atoms with E-state index in [2.05, 4.69) is 37.9 Å². The Morgan fingerprint density at radius 2 is 1.81 bits per heavy atom. The van der Waals surface area contributed by atoms with Crippen LogP contribution >= 0.6 is 0 Å². The first-order chi connectivity index (χ1) is 12.9. The first-order valence-electron chi connectivity index (χ1n) is 11.5. The quantitative estimate of drug-likeness (QED) is 0.683. The maximum atomic E-state index is 12.6. The monoisotopic (exact) mass is 367 g/mol. The van der Waals surface area contributed by atoms with Crippen LogP contribution in [0.1, 0.15) is 65.2 Å². The van der Waals surface area contributed by atoms with Crippen molar-refractivity contribution in [2.45, 2.75) is 65.2 Å².